The molecule has 0 saturated carbocycles. The molecule has 0 aliphatic carbocycles. The van der Waals surface area contributed by atoms with Gasteiger partial charge in [-0.1, -0.05) is 43.5 Å². The van der Waals surface area contributed by atoms with Gasteiger partial charge in [0.05, 0.1) is 5.02 Å². The molecule has 0 aromatic heterocycles. The molecule has 0 heterocycles. The fourth-order valence-electron chi connectivity index (χ4n) is 2.03. The lowest BCUT2D eigenvalue weighted by atomic mass is 10.2. The molecule has 0 fully saturated rings. The SMILES string of the molecule is CCCCCN(CCNS(=O)(=O)c1ccccc1Cl)C(C)=O. The normalized spacial score (nSPS) is 11.4. The molecule has 1 rings (SSSR count). The Morgan fingerprint density at radius 3 is 2.50 bits per heavy atom. The minimum atomic E-state index is -3.66. The van der Waals surface area contributed by atoms with Gasteiger partial charge < -0.3 is 4.90 Å². The second kappa shape index (κ2) is 9.12. The van der Waals surface area contributed by atoms with E-state index in [1.807, 2.05) is 0 Å². The molecule has 0 unspecified atom stereocenters. The maximum absolute atomic E-state index is 12.2. The van der Waals surface area contributed by atoms with E-state index in [-0.39, 0.29) is 22.4 Å². The molecule has 1 aromatic rings. The van der Waals surface area contributed by atoms with E-state index in [0.29, 0.717) is 13.1 Å². The van der Waals surface area contributed by atoms with Crippen LogP contribution in [-0.2, 0) is 14.8 Å². The lowest BCUT2D eigenvalue weighted by molar-refractivity contribution is -0.128. The highest BCUT2D eigenvalue weighted by molar-refractivity contribution is 7.89. The van der Waals surface area contributed by atoms with Gasteiger partial charge in [0.2, 0.25) is 15.9 Å². The molecule has 0 aliphatic heterocycles. The van der Waals surface area contributed by atoms with Crippen LogP contribution in [0.2, 0.25) is 5.02 Å². The Morgan fingerprint density at radius 1 is 1.23 bits per heavy atom. The first-order chi connectivity index (χ1) is 10.4. The summed E-state index contributed by atoms with van der Waals surface area (Å²) in [5, 5.41) is 0.182. The van der Waals surface area contributed by atoms with Crippen molar-refractivity contribution >= 4 is 27.5 Å². The second-order valence-corrected chi connectivity index (χ2v) is 7.18. The largest absolute Gasteiger partial charge is 0.342 e. The highest BCUT2D eigenvalue weighted by Gasteiger charge is 2.17. The molecule has 124 valence electrons. The van der Waals surface area contributed by atoms with E-state index in [0.717, 1.165) is 19.3 Å². The molecule has 0 atom stereocenters. The third kappa shape index (κ3) is 5.94. The van der Waals surface area contributed by atoms with Crippen LogP contribution in [0.25, 0.3) is 0 Å². The van der Waals surface area contributed by atoms with Crippen LogP contribution in [0.4, 0.5) is 0 Å². The van der Waals surface area contributed by atoms with E-state index in [9.17, 15) is 13.2 Å². The summed E-state index contributed by atoms with van der Waals surface area (Å²) in [5.41, 5.74) is 0. The van der Waals surface area contributed by atoms with Crippen molar-refractivity contribution in [2.45, 2.75) is 38.0 Å². The minimum Gasteiger partial charge on any atom is -0.342 e. The van der Waals surface area contributed by atoms with Crippen molar-refractivity contribution in [2.24, 2.45) is 0 Å². The number of nitrogens with one attached hydrogen (secondary N) is 1. The van der Waals surface area contributed by atoms with Crippen molar-refractivity contribution in [1.82, 2.24) is 9.62 Å². The molecule has 7 heteroatoms. The van der Waals surface area contributed by atoms with E-state index in [1.54, 1.807) is 17.0 Å². The van der Waals surface area contributed by atoms with E-state index in [1.165, 1.54) is 19.1 Å². The Balaban J connectivity index is 2.57. The van der Waals surface area contributed by atoms with Crippen molar-refractivity contribution < 1.29 is 13.2 Å². The smallest absolute Gasteiger partial charge is 0.242 e. The molecule has 1 N–H and O–H groups in total. The summed E-state index contributed by atoms with van der Waals surface area (Å²) in [7, 11) is -3.66. The number of nitrogens with zero attached hydrogens (tertiary/aromatic N) is 1. The Labute approximate surface area is 137 Å². The lowest BCUT2D eigenvalue weighted by Gasteiger charge is -2.21. The predicted octanol–water partition coefficient (Wildman–Crippen LogP) is 2.66. The van der Waals surface area contributed by atoms with Crippen LogP contribution in [0.3, 0.4) is 0 Å². The highest BCUT2D eigenvalue weighted by Crippen LogP contribution is 2.19. The number of unbranched alkanes of at least 4 members (excludes halogenated alkanes) is 2. The van der Waals surface area contributed by atoms with E-state index in [4.69, 9.17) is 11.6 Å². The molecule has 0 aliphatic rings. The number of hydrogen-bond donors (Lipinski definition) is 1. The molecule has 0 saturated heterocycles. The van der Waals surface area contributed by atoms with Crippen molar-refractivity contribution in [2.75, 3.05) is 19.6 Å². The van der Waals surface area contributed by atoms with Crippen molar-refractivity contribution in [3.8, 4) is 0 Å². The van der Waals surface area contributed by atoms with E-state index >= 15 is 0 Å². The molecule has 0 spiro atoms. The average molecular weight is 347 g/mol. The zero-order chi connectivity index (χ0) is 16.6. The lowest BCUT2D eigenvalue weighted by Crippen LogP contribution is -2.38. The summed E-state index contributed by atoms with van der Waals surface area (Å²) in [4.78, 5) is 13.3. The standard InChI is InChI=1S/C15H23ClN2O3S/c1-3-4-7-11-18(13(2)19)12-10-17-22(20,21)15-9-6-5-8-14(15)16/h5-6,8-9,17H,3-4,7,10-12H2,1-2H3. The van der Waals surface area contributed by atoms with Crippen LogP contribution in [0.5, 0.6) is 0 Å². The maximum atomic E-state index is 12.2. The molecule has 1 aromatic carbocycles. The molecule has 5 nitrogen and oxygen atoms in total. The van der Waals surface area contributed by atoms with Gasteiger partial charge in [-0.15, -0.1) is 0 Å². The first kappa shape index (κ1) is 18.9. The fourth-order valence-corrected chi connectivity index (χ4v) is 3.57. The number of sulfonamides is 1. The van der Waals surface area contributed by atoms with Crippen LogP contribution < -0.4 is 4.72 Å². The fraction of sp³-hybridized carbons (Fsp3) is 0.533. The number of amides is 1. The van der Waals surface area contributed by atoms with Crippen LogP contribution >= 0.6 is 11.6 Å². The Hall–Kier alpha value is -1.11. The summed E-state index contributed by atoms with van der Waals surface area (Å²) in [6.45, 7) is 4.75. The van der Waals surface area contributed by atoms with E-state index in [2.05, 4.69) is 11.6 Å². The number of benzene rings is 1. The topological polar surface area (TPSA) is 66.5 Å². The van der Waals surface area contributed by atoms with E-state index < -0.39 is 10.0 Å². The number of halogens is 1. The second-order valence-electron chi connectivity index (χ2n) is 5.04. The maximum Gasteiger partial charge on any atom is 0.242 e. The predicted molar refractivity (Wildman–Crippen MR) is 88.4 cm³/mol. The van der Waals surface area contributed by atoms with Crippen molar-refractivity contribution in [3.05, 3.63) is 29.3 Å². The van der Waals surface area contributed by atoms with Crippen LogP contribution in [0.1, 0.15) is 33.1 Å². The van der Waals surface area contributed by atoms with Gasteiger partial charge in [-0.05, 0) is 18.6 Å². The quantitative estimate of drug-likeness (QED) is 0.699. The average Bonchev–Trinajstić information content (AvgIpc) is 2.45. The van der Waals surface area contributed by atoms with Gasteiger partial charge in [-0.2, -0.15) is 0 Å². The van der Waals surface area contributed by atoms with Gasteiger partial charge in [-0.25, -0.2) is 13.1 Å². The van der Waals surface area contributed by atoms with Gasteiger partial charge in [0.1, 0.15) is 4.90 Å². The van der Waals surface area contributed by atoms with Crippen molar-refractivity contribution in [1.29, 1.82) is 0 Å². The minimum absolute atomic E-state index is 0.0481. The summed E-state index contributed by atoms with van der Waals surface area (Å²) < 4.78 is 26.8. The zero-order valence-electron chi connectivity index (χ0n) is 13.0. The van der Waals surface area contributed by atoms with Crippen LogP contribution in [-0.4, -0.2) is 38.9 Å². The Kier molecular flexibility index (Phi) is 7.85. The number of carbonyl (C=O) groups is 1. The summed E-state index contributed by atoms with van der Waals surface area (Å²) >= 11 is 5.90. The van der Waals surface area contributed by atoms with Gasteiger partial charge >= 0.3 is 0 Å². The molecule has 1 amide bonds. The molecular formula is C15H23ClN2O3S. The van der Waals surface area contributed by atoms with Gasteiger partial charge in [0.25, 0.3) is 0 Å². The van der Waals surface area contributed by atoms with Crippen molar-refractivity contribution in [3.63, 3.8) is 0 Å². The number of rotatable bonds is 9. The summed E-state index contributed by atoms with van der Waals surface area (Å²) in [5.74, 6) is -0.0481. The first-order valence-electron chi connectivity index (χ1n) is 7.38. The number of carbonyl (C=O) groups excluding carboxylic acids is 1. The van der Waals surface area contributed by atoms with Gasteiger partial charge in [0, 0.05) is 26.6 Å². The monoisotopic (exact) mass is 346 g/mol. The molecular weight excluding hydrogens is 324 g/mol. The molecule has 0 bridgehead atoms. The number of hydrogen-bond acceptors (Lipinski definition) is 3. The third-order valence-electron chi connectivity index (χ3n) is 3.28. The summed E-state index contributed by atoms with van der Waals surface area (Å²) in [6.07, 6.45) is 3.05. The highest BCUT2D eigenvalue weighted by atomic mass is 35.5. The Morgan fingerprint density at radius 2 is 1.91 bits per heavy atom. The van der Waals surface area contributed by atoms with Gasteiger partial charge in [0.15, 0.2) is 0 Å². The van der Waals surface area contributed by atoms with Crippen LogP contribution in [0.15, 0.2) is 29.2 Å². The first-order valence-corrected chi connectivity index (χ1v) is 9.24. The molecule has 22 heavy (non-hydrogen) atoms. The third-order valence-corrected chi connectivity index (χ3v) is 5.24. The van der Waals surface area contributed by atoms with Gasteiger partial charge in [-0.3, -0.25) is 4.79 Å². The zero-order valence-corrected chi connectivity index (χ0v) is 14.6. The molecule has 0 radical (unpaired) electrons. The van der Waals surface area contributed by atoms with Crippen LogP contribution in [0, 0.1) is 0 Å². The Bertz CT molecular complexity index is 590. The summed E-state index contributed by atoms with van der Waals surface area (Å²) in [6, 6.07) is 6.27.